The third kappa shape index (κ3) is 3.26. The van der Waals surface area contributed by atoms with Crippen LogP contribution in [0.25, 0.3) is 0 Å². The number of carbonyl (C=O) groups is 1. The van der Waals surface area contributed by atoms with Crippen LogP contribution in [0.2, 0.25) is 0 Å². The molecule has 2 aliphatic heterocycles. The number of hydrogen-bond donors (Lipinski definition) is 0. The number of ether oxygens (including phenoxy) is 1. The Kier molecular flexibility index (Phi) is 4.97. The summed E-state index contributed by atoms with van der Waals surface area (Å²) in [6, 6.07) is 4.95. The molecule has 0 N–H and O–H groups in total. The summed E-state index contributed by atoms with van der Waals surface area (Å²) in [4.78, 5) is 20.9. The van der Waals surface area contributed by atoms with Crippen LogP contribution in [-0.2, 0) is 9.53 Å². The zero-order valence-corrected chi connectivity index (χ0v) is 14.3. The van der Waals surface area contributed by atoms with E-state index in [9.17, 15) is 4.79 Å². The molecule has 0 unspecified atom stereocenters. The van der Waals surface area contributed by atoms with Gasteiger partial charge in [-0.1, -0.05) is 19.9 Å². The maximum Gasteiger partial charge on any atom is 0.225 e. The normalized spacial score (nSPS) is 26.3. The van der Waals surface area contributed by atoms with Crippen molar-refractivity contribution in [1.82, 2.24) is 14.8 Å². The van der Waals surface area contributed by atoms with E-state index in [-0.39, 0.29) is 17.9 Å². The smallest absolute Gasteiger partial charge is 0.225 e. The molecule has 0 aromatic carbocycles. The number of piperidine rings is 1. The minimum Gasteiger partial charge on any atom is -0.378 e. The first-order chi connectivity index (χ1) is 11.1. The van der Waals surface area contributed by atoms with Crippen molar-refractivity contribution in [2.24, 2.45) is 5.92 Å². The van der Waals surface area contributed by atoms with Gasteiger partial charge in [0.05, 0.1) is 12.1 Å². The van der Waals surface area contributed by atoms with Gasteiger partial charge in [0.15, 0.2) is 0 Å². The average Bonchev–Trinajstić information content (AvgIpc) is 2.55. The Hall–Kier alpha value is -1.46. The zero-order valence-electron chi connectivity index (χ0n) is 14.3. The van der Waals surface area contributed by atoms with Crippen molar-refractivity contribution in [3.8, 4) is 0 Å². The molecule has 3 rings (SSSR count). The van der Waals surface area contributed by atoms with Crippen LogP contribution in [0.4, 0.5) is 0 Å². The predicted molar refractivity (Wildman–Crippen MR) is 88.9 cm³/mol. The van der Waals surface area contributed by atoms with E-state index in [0.29, 0.717) is 12.1 Å². The summed E-state index contributed by atoms with van der Waals surface area (Å²) in [7, 11) is 1.79. The van der Waals surface area contributed by atoms with Crippen molar-refractivity contribution >= 4 is 5.91 Å². The molecule has 2 aliphatic rings. The molecule has 2 saturated heterocycles. The number of hydrogen-bond acceptors (Lipinski definition) is 4. The molecule has 0 radical (unpaired) electrons. The van der Waals surface area contributed by atoms with Crippen molar-refractivity contribution in [3.05, 3.63) is 30.1 Å². The van der Waals surface area contributed by atoms with E-state index in [1.165, 1.54) is 5.56 Å². The molecule has 3 heterocycles. The summed E-state index contributed by atoms with van der Waals surface area (Å²) >= 11 is 0. The molecule has 1 aromatic heterocycles. The molecule has 0 saturated carbocycles. The molecule has 0 spiro atoms. The molecular formula is C18H27N3O2. The van der Waals surface area contributed by atoms with Crippen LogP contribution < -0.4 is 0 Å². The van der Waals surface area contributed by atoms with Crippen LogP contribution in [0, 0.1) is 5.92 Å². The molecule has 2 fully saturated rings. The fourth-order valence-electron chi connectivity index (χ4n) is 3.82. The molecule has 5 heteroatoms. The Balaban J connectivity index is 1.63. The molecule has 1 aromatic rings. The van der Waals surface area contributed by atoms with Gasteiger partial charge < -0.3 is 9.64 Å². The highest BCUT2D eigenvalue weighted by Gasteiger charge is 2.44. The quantitative estimate of drug-likeness (QED) is 0.853. The Bertz CT molecular complexity index is 526. The highest BCUT2D eigenvalue weighted by molar-refractivity contribution is 5.78. The van der Waals surface area contributed by atoms with Crippen molar-refractivity contribution in [2.45, 2.75) is 44.9 Å². The average molecular weight is 317 g/mol. The summed E-state index contributed by atoms with van der Waals surface area (Å²) in [6.07, 6.45) is 6.09. The van der Waals surface area contributed by atoms with Crippen LogP contribution in [0.1, 0.15) is 38.3 Å². The molecule has 0 aliphatic carbocycles. The van der Waals surface area contributed by atoms with Gasteiger partial charge in [0.25, 0.3) is 0 Å². The highest BCUT2D eigenvalue weighted by Crippen LogP contribution is 2.39. The molecular weight excluding hydrogens is 290 g/mol. The Morgan fingerprint density at radius 2 is 2.09 bits per heavy atom. The Labute approximate surface area is 138 Å². The monoisotopic (exact) mass is 317 g/mol. The van der Waals surface area contributed by atoms with Gasteiger partial charge in [-0.25, -0.2) is 0 Å². The van der Waals surface area contributed by atoms with Gasteiger partial charge in [0.1, 0.15) is 0 Å². The van der Waals surface area contributed by atoms with E-state index in [0.717, 1.165) is 32.5 Å². The van der Waals surface area contributed by atoms with E-state index >= 15 is 0 Å². The lowest BCUT2D eigenvalue weighted by molar-refractivity contribution is -0.140. The van der Waals surface area contributed by atoms with E-state index in [4.69, 9.17) is 4.74 Å². The van der Waals surface area contributed by atoms with Gasteiger partial charge in [0, 0.05) is 51.1 Å². The van der Waals surface area contributed by atoms with E-state index in [1.54, 1.807) is 7.11 Å². The number of aromatic nitrogens is 1. The fraction of sp³-hybridized carbons (Fsp3) is 0.667. The van der Waals surface area contributed by atoms with Gasteiger partial charge in [-0.3, -0.25) is 14.7 Å². The lowest BCUT2D eigenvalue weighted by atomic mass is 9.87. The number of rotatable bonds is 4. The second-order valence-electron chi connectivity index (χ2n) is 6.91. The van der Waals surface area contributed by atoms with Crippen molar-refractivity contribution < 1.29 is 9.53 Å². The fourth-order valence-corrected chi connectivity index (χ4v) is 3.82. The summed E-state index contributed by atoms with van der Waals surface area (Å²) < 4.78 is 5.63. The molecule has 5 nitrogen and oxygen atoms in total. The minimum absolute atomic E-state index is 0.0940. The summed E-state index contributed by atoms with van der Waals surface area (Å²) in [5.74, 6) is 0.377. The third-order valence-electron chi connectivity index (χ3n) is 5.17. The highest BCUT2D eigenvalue weighted by atomic mass is 16.5. The Morgan fingerprint density at radius 1 is 1.35 bits per heavy atom. The van der Waals surface area contributed by atoms with E-state index in [1.807, 2.05) is 37.2 Å². The number of likely N-dealkylation sites (tertiary alicyclic amines) is 2. The molecule has 0 bridgehead atoms. The van der Waals surface area contributed by atoms with E-state index in [2.05, 4.69) is 16.0 Å². The summed E-state index contributed by atoms with van der Waals surface area (Å²) in [5.41, 5.74) is 1.23. The topological polar surface area (TPSA) is 45.7 Å². The van der Waals surface area contributed by atoms with Crippen LogP contribution in [-0.4, -0.2) is 59.6 Å². The van der Waals surface area contributed by atoms with Crippen LogP contribution >= 0.6 is 0 Å². The SMILES string of the molecule is CO[C@H]1CN(C2CCN(C(=O)C(C)C)CC2)[C@H]1c1cccnc1. The molecule has 2 atom stereocenters. The summed E-state index contributed by atoms with van der Waals surface area (Å²) in [6.45, 7) is 6.67. The molecule has 126 valence electrons. The predicted octanol–water partition coefficient (Wildman–Crippen LogP) is 2.10. The largest absolute Gasteiger partial charge is 0.378 e. The lowest BCUT2D eigenvalue weighted by Gasteiger charge is -2.53. The van der Waals surface area contributed by atoms with Crippen molar-refractivity contribution in [2.75, 3.05) is 26.7 Å². The van der Waals surface area contributed by atoms with Gasteiger partial charge in [-0.2, -0.15) is 0 Å². The van der Waals surface area contributed by atoms with Crippen LogP contribution in [0.5, 0.6) is 0 Å². The number of methoxy groups -OCH3 is 1. The summed E-state index contributed by atoms with van der Waals surface area (Å²) in [5, 5.41) is 0. The first kappa shape index (κ1) is 16.4. The Morgan fingerprint density at radius 3 is 2.65 bits per heavy atom. The maximum absolute atomic E-state index is 12.1. The number of nitrogens with zero attached hydrogens (tertiary/aromatic N) is 3. The maximum atomic E-state index is 12.1. The zero-order chi connectivity index (χ0) is 16.4. The first-order valence-electron chi connectivity index (χ1n) is 8.59. The van der Waals surface area contributed by atoms with Crippen LogP contribution in [0.15, 0.2) is 24.5 Å². The van der Waals surface area contributed by atoms with Gasteiger partial charge in [-0.05, 0) is 24.5 Å². The number of amides is 1. The second kappa shape index (κ2) is 6.97. The van der Waals surface area contributed by atoms with Gasteiger partial charge >= 0.3 is 0 Å². The molecule has 1 amide bonds. The minimum atomic E-state index is 0.0940. The number of carbonyl (C=O) groups excluding carboxylic acids is 1. The van der Waals surface area contributed by atoms with Gasteiger partial charge in [-0.15, -0.1) is 0 Å². The van der Waals surface area contributed by atoms with E-state index < -0.39 is 0 Å². The molecule has 23 heavy (non-hydrogen) atoms. The lowest BCUT2D eigenvalue weighted by Crippen LogP contribution is -2.60. The second-order valence-corrected chi connectivity index (χ2v) is 6.91. The van der Waals surface area contributed by atoms with Gasteiger partial charge in [0.2, 0.25) is 5.91 Å². The standard InChI is InChI=1S/C18H27N3O2/c1-13(2)18(22)20-9-6-15(7-10-20)21-12-16(23-3)17(21)14-5-4-8-19-11-14/h4-5,8,11,13,15-17H,6-7,9-10,12H2,1-3H3/t16-,17-/m0/s1. The first-order valence-corrected chi connectivity index (χ1v) is 8.59. The number of pyridine rings is 1. The third-order valence-corrected chi connectivity index (χ3v) is 5.17. The van der Waals surface area contributed by atoms with Crippen molar-refractivity contribution in [1.29, 1.82) is 0 Å². The van der Waals surface area contributed by atoms with Crippen molar-refractivity contribution in [3.63, 3.8) is 0 Å². The van der Waals surface area contributed by atoms with Crippen LogP contribution in [0.3, 0.4) is 0 Å².